The molecule has 0 aliphatic heterocycles. The number of methoxy groups -OCH3 is 1. The number of hydrogen-bond acceptors (Lipinski definition) is 2. The molecule has 0 heterocycles. The Morgan fingerprint density at radius 1 is 1.21 bits per heavy atom. The molecule has 0 amide bonds. The number of ether oxygens (including phenoxy) is 1. The van der Waals surface area contributed by atoms with Crippen molar-refractivity contribution in [2.75, 3.05) is 13.7 Å². The fourth-order valence-electron chi connectivity index (χ4n) is 1.97. The highest BCUT2D eigenvalue weighted by Crippen LogP contribution is 2.15. The van der Waals surface area contributed by atoms with E-state index in [1.165, 1.54) is 19.3 Å². The summed E-state index contributed by atoms with van der Waals surface area (Å²) >= 11 is 0. The largest absolute Gasteiger partial charge is 0.380 e. The number of nitrogens with one attached hydrogen (secondary N) is 1. The summed E-state index contributed by atoms with van der Waals surface area (Å²) in [7, 11) is 1.82. The molecular weight excluding hydrogens is 174 g/mol. The summed E-state index contributed by atoms with van der Waals surface area (Å²) in [5.41, 5.74) is 0. The Kier molecular flexibility index (Phi) is 8.20. The van der Waals surface area contributed by atoms with E-state index >= 15 is 0 Å². The second-order valence-corrected chi connectivity index (χ2v) is 4.25. The van der Waals surface area contributed by atoms with Crippen LogP contribution in [0.1, 0.15) is 47.0 Å². The van der Waals surface area contributed by atoms with E-state index in [0.29, 0.717) is 18.1 Å². The third kappa shape index (κ3) is 4.97. The van der Waals surface area contributed by atoms with Gasteiger partial charge in [-0.05, 0) is 18.9 Å². The molecule has 0 aromatic carbocycles. The summed E-state index contributed by atoms with van der Waals surface area (Å²) in [5.74, 6) is 0.584. The van der Waals surface area contributed by atoms with Crippen molar-refractivity contribution >= 4 is 0 Å². The molecule has 14 heavy (non-hydrogen) atoms. The van der Waals surface area contributed by atoms with Crippen LogP contribution in [0, 0.1) is 5.92 Å². The predicted octanol–water partition coefficient (Wildman–Crippen LogP) is 2.83. The molecule has 0 fully saturated rings. The lowest BCUT2D eigenvalue weighted by atomic mass is 9.95. The molecule has 2 heteroatoms. The molecule has 0 aliphatic carbocycles. The summed E-state index contributed by atoms with van der Waals surface area (Å²) < 4.78 is 5.56. The molecule has 86 valence electrons. The van der Waals surface area contributed by atoms with Crippen molar-refractivity contribution in [3.8, 4) is 0 Å². The summed E-state index contributed by atoms with van der Waals surface area (Å²) in [6, 6.07) is 0.518. The van der Waals surface area contributed by atoms with Crippen LogP contribution >= 0.6 is 0 Å². The molecule has 2 unspecified atom stereocenters. The molecule has 0 rings (SSSR count). The third-order valence-electron chi connectivity index (χ3n) is 2.66. The van der Waals surface area contributed by atoms with Crippen LogP contribution in [0.3, 0.4) is 0 Å². The van der Waals surface area contributed by atoms with Crippen molar-refractivity contribution in [2.45, 2.75) is 59.1 Å². The monoisotopic (exact) mass is 201 g/mol. The highest BCUT2D eigenvalue weighted by molar-refractivity contribution is 4.78. The van der Waals surface area contributed by atoms with Gasteiger partial charge in [0.05, 0.1) is 6.10 Å². The van der Waals surface area contributed by atoms with Crippen molar-refractivity contribution in [2.24, 2.45) is 5.92 Å². The van der Waals surface area contributed by atoms with E-state index in [4.69, 9.17) is 4.74 Å². The van der Waals surface area contributed by atoms with Crippen LogP contribution in [0.25, 0.3) is 0 Å². The van der Waals surface area contributed by atoms with Crippen molar-refractivity contribution in [3.63, 3.8) is 0 Å². The number of hydrogen-bond donors (Lipinski definition) is 1. The zero-order valence-corrected chi connectivity index (χ0v) is 10.5. The smallest absolute Gasteiger partial charge is 0.0747 e. The summed E-state index contributed by atoms with van der Waals surface area (Å²) in [6.45, 7) is 9.88. The molecule has 0 aliphatic rings. The van der Waals surface area contributed by atoms with Crippen molar-refractivity contribution < 1.29 is 4.74 Å². The molecule has 0 bridgehead atoms. The third-order valence-corrected chi connectivity index (χ3v) is 2.66. The maximum absolute atomic E-state index is 5.56. The van der Waals surface area contributed by atoms with E-state index in [1.54, 1.807) is 0 Å². The lowest BCUT2D eigenvalue weighted by Crippen LogP contribution is -2.43. The van der Waals surface area contributed by atoms with E-state index in [0.717, 1.165) is 6.54 Å². The molecule has 2 atom stereocenters. The molecule has 0 aromatic rings. The first-order valence-corrected chi connectivity index (χ1v) is 5.93. The average molecular weight is 201 g/mol. The minimum Gasteiger partial charge on any atom is -0.380 e. The van der Waals surface area contributed by atoms with Crippen LogP contribution in [0.4, 0.5) is 0 Å². The van der Waals surface area contributed by atoms with Crippen molar-refractivity contribution in [1.82, 2.24) is 5.32 Å². The van der Waals surface area contributed by atoms with Gasteiger partial charge in [-0.1, -0.05) is 40.5 Å². The second-order valence-electron chi connectivity index (χ2n) is 4.25. The van der Waals surface area contributed by atoms with Crippen LogP contribution in [0.15, 0.2) is 0 Å². The minimum absolute atomic E-state index is 0.349. The summed E-state index contributed by atoms with van der Waals surface area (Å²) in [4.78, 5) is 0. The molecule has 0 saturated carbocycles. The zero-order valence-electron chi connectivity index (χ0n) is 10.5. The summed E-state index contributed by atoms with van der Waals surface area (Å²) in [5, 5.41) is 3.52. The van der Waals surface area contributed by atoms with Gasteiger partial charge in [-0.2, -0.15) is 0 Å². The van der Waals surface area contributed by atoms with Gasteiger partial charge in [0.25, 0.3) is 0 Å². The van der Waals surface area contributed by atoms with Crippen LogP contribution < -0.4 is 5.32 Å². The standard InChI is InChI=1S/C12H27NO/c1-6-8-9-11(13-7-2)12(14-5)10(3)4/h10-13H,6-9H2,1-5H3. The lowest BCUT2D eigenvalue weighted by Gasteiger charge is -2.29. The zero-order chi connectivity index (χ0) is 11.0. The van der Waals surface area contributed by atoms with Gasteiger partial charge in [-0.3, -0.25) is 0 Å². The van der Waals surface area contributed by atoms with Crippen LogP contribution in [-0.2, 0) is 4.74 Å². The Labute approximate surface area is 89.4 Å². The minimum atomic E-state index is 0.349. The van der Waals surface area contributed by atoms with E-state index in [2.05, 4.69) is 33.0 Å². The number of unbranched alkanes of at least 4 members (excludes halogenated alkanes) is 1. The van der Waals surface area contributed by atoms with Crippen LogP contribution in [0.5, 0.6) is 0 Å². The molecular formula is C12H27NO. The van der Waals surface area contributed by atoms with E-state index in [9.17, 15) is 0 Å². The highest BCUT2D eigenvalue weighted by Gasteiger charge is 2.22. The Hall–Kier alpha value is -0.0800. The first kappa shape index (κ1) is 13.9. The van der Waals surface area contributed by atoms with Gasteiger partial charge in [0.15, 0.2) is 0 Å². The molecule has 1 N–H and O–H groups in total. The predicted molar refractivity (Wildman–Crippen MR) is 62.6 cm³/mol. The van der Waals surface area contributed by atoms with Gasteiger partial charge >= 0.3 is 0 Å². The Balaban J connectivity index is 4.12. The van der Waals surface area contributed by atoms with Gasteiger partial charge in [-0.15, -0.1) is 0 Å². The molecule has 0 spiro atoms. The van der Waals surface area contributed by atoms with Gasteiger partial charge in [0, 0.05) is 13.2 Å². The van der Waals surface area contributed by atoms with Gasteiger partial charge in [0.2, 0.25) is 0 Å². The fourth-order valence-corrected chi connectivity index (χ4v) is 1.97. The van der Waals surface area contributed by atoms with Crippen molar-refractivity contribution in [1.29, 1.82) is 0 Å². The van der Waals surface area contributed by atoms with Crippen molar-refractivity contribution in [3.05, 3.63) is 0 Å². The molecule has 0 aromatic heterocycles. The first-order chi connectivity index (χ1) is 6.67. The maximum Gasteiger partial charge on any atom is 0.0747 e. The first-order valence-electron chi connectivity index (χ1n) is 5.93. The number of likely N-dealkylation sites (N-methyl/N-ethyl adjacent to an activating group) is 1. The van der Waals surface area contributed by atoms with Gasteiger partial charge < -0.3 is 10.1 Å². The lowest BCUT2D eigenvalue weighted by molar-refractivity contribution is 0.0305. The quantitative estimate of drug-likeness (QED) is 0.652. The van der Waals surface area contributed by atoms with E-state index in [1.807, 2.05) is 7.11 Å². The molecule has 0 saturated heterocycles. The SMILES string of the molecule is CCCCC(NCC)C(OC)C(C)C. The maximum atomic E-state index is 5.56. The highest BCUT2D eigenvalue weighted by atomic mass is 16.5. The average Bonchev–Trinajstić information content (AvgIpc) is 2.14. The van der Waals surface area contributed by atoms with Gasteiger partial charge in [0.1, 0.15) is 0 Å². The van der Waals surface area contributed by atoms with Crippen LogP contribution in [-0.4, -0.2) is 25.8 Å². The Morgan fingerprint density at radius 2 is 1.86 bits per heavy atom. The summed E-state index contributed by atoms with van der Waals surface area (Å²) in [6.07, 6.45) is 4.11. The number of rotatable bonds is 8. The molecule has 0 radical (unpaired) electrons. The fraction of sp³-hybridized carbons (Fsp3) is 1.00. The van der Waals surface area contributed by atoms with E-state index < -0.39 is 0 Å². The molecule has 2 nitrogen and oxygen atoms in total. The Morgan fingerprint density at radius 3 is 2.21 bits per heavy atom. The van der Waals surface area contributed by atoms with Crippen LogP contribution in [0.2, 0.25) is 0 Å². The van der Waals surface area contributed by atoms with E-state index in [-0.39, 0.29) is 0 Å². The normalized spacial score (nSPS) is 15.9. The van der Waals surface area contributed by atoms with Gasteiger partial charge in [-0.25, -0.2) is 0 Å². The topological polar surface area (TPSA) is 21.3 Å². The Bertz CT molecular complexity index is 125. The second kappa shape index (κ2) is 8.25.